The first-order valence-corrected chi connectivity index (χ1v) is 9.85. The minimum absolute atomic E-state index is 0.205. The van der Waals surface area contributed by atoms with Crippen molar-refractivity contribution in [2.75, 3.05) is 0 Å². The van der Waals surface area contributed by atoms with E-state index in [4.69, 9.17) is 9.97 Å². The van der Waals surface area contributed by atoms with Crippen LogP contribution in [-0.4, -0.2) is 30.7 Å². The molecule has 7 heteroatoms. The lowest BCUT2D eigenvalue weighted by molar-refractivity contribution is 0.0697. The van der Waals surface area contributed by atoms with Gasteiger partial charge in [0.2, 0.25) is 0 Å². The molecule has 1 aliphatic carbocycles. The lowest BCUT2D eigenvalue weighted by atomic mass is 9.89. The fraction of sp³-hybridized carbons (Fsp3) is 0.300. The van der Waals surface area contributed by atoms with Gasteiger partial charge in [0.05, 0.1) is 10.9 Å². The SMILES string of the molecule is Cc1nc2sc3c(c2c2nc(-c4ccccc4C(=O)O)nn12)CC(C)CC3. The summed E-state index contributed by atoms with van der Waals surface area (Å²) in [6, 6.07) is 6.86. The van der Waals surface area contributed by atoms with Gasteiger partial charge < -0.3 is 5.11 Å². The Bertz CT molecular complexity index is 1220. The summed E-state index contributed by atoms with van der Waals surface area (Å²) in [5.41, 5.74) is 2.85. The third-order valence-corrected chi connectivity index (χ3v) is 6.47. The third kappa shape index (κ3) is 2.45. The molecule has 0 radical (unpaired) electrons. The average Bonchev–Trinajstić information content (AvgIpc) is 3.23. The zero-order valence-corrected chi connectivity index (χ0v) is 15.9. The Morgan fingerprint density at radius 3 is 2.93 bits per heavy atom. The summed E-state index contributed by atoms with van der Waals surface area (Å²) in [5.74, 6) is 0.850. The van der Waals surface area contributed by atoms with Crippen LogP contribution in [0.4, 0.5) is 0 Å². The number of benzene rings is 1. The summed E-state index contributed by atoms with van der Waals surface area (Å²) < 4.78 is 1.75. The molecule has 0 amide bonds. The van der Waals surface area contributed by atoms with E-state index >= 15 is 0 Å². The number of carboxylic acid groups (broad SMARTS) is 1. The zero-order chi connectivity index (χ0) is 18.7. The van der Waals surface area contributed by atoms with Crippen molar-refractivity contribution in [3.8, 4) is 11.4 Å². The lowest BCUT2D eigenvalue weighted by Gasteiger charge is -2.17. The molecule has 1 N–H and O–H groups in total. The number of carboxylic acids is 1. The van der Waals surface area contributed by atoms with Crippen molar-refractivity contribution in [3.05, 3.63) is 46.1 Å². The van der Waals surface area contributed by atoms with Crippen molar-refractivity contribution in [2.45, 2.75) is 33.1 Å². The largest absolute Gasteiger partial charge is 0.478 e. The van der Waals surface area contributed by atoms with Crippen LogP contribution in [0.15, 0.2) is 24.3 Å². The molecular formula is C20H18N4O2S. The Hall–Kier alpha value is -2.80. The molecule has 0 saturated carbocycles. The summed E-state index contributed by atoms with van der Waals surface area (Å²) in [6.07, 6.45) is 3.33. The number of nitrogens with zero attached hydrogens (tertiary/aromatic N) is 4. The molecular weight excluding hydrogens is 360 g/mol. The number of fused-ring (bicyclic) bond motifs is 5. The summed E-state index contributed by atoms with van der Waals surface area (Å²) >= 11 is 1.76. The molecule has 3 heterocycles. The topological polar surface area (TPSA) is 80.4 Å². The van der Waals surface area contributed by atoms with Crippen molar-refractivity contribution in [2.24, 2.45) is 5.92 Å². The van der Waals surface area contributed by atoms with E-state index in [1.165, 1.54) is 16.9 Å². The van der Waals surface area contributed by atoms with E-state index in [1.54, 1.807) is 34.1 Å². The highest BCUT2D eigenvalue weighted by atomic mass is 32.1. The van der Waals surface area contributed by atoms with Gasteiger partial charge in [0.15, 0.2) is 11.5 Å². The normalized spacial score (nSPS) is 16.7. The first-order chi connectivity index (χ1) is 13.0. The van der Waals surface area contributed by atoms with Crippen LogP contribution < -0.4 is 0 Å². The van der Waals surface area contributed by atoms with E-state index in [0.29, 0.717) is 17.3 Å². The maximum atomic E-state index is 11.6. The van der Waals surface area contributed by atoms with Crippen molar-refractivity contribution in [1.29, 1.82) is 0 Å². The Kier molecular flexibility index (Phi) is 3.55. The molecule has 1 unspecified atom stereocenters. The molecule has 136 valence electrons. The predicted octanol–water partition coefficient (Wildman–Crippen LogP) is 4.14. The molecule has 3 aromatic heterocycles. The van der Waals surface area contributed by atoms with E-state index in [9.17, 15) is 9.90 Å². The molecule has 1 aromatic carbocycles. The van der Waals surface area contributed by atoms with Crippen LogP contribution in [0.2, 0.25) is 0 Å². The van der Waals surface area contributed by atoms with E-state index in [1.807, 2.05) is 13.0 Å². The van der Waals surface area contributed by atoms with Crippen LogP contribution in [0, 0.1) is 12.8 Å². The zero-order valence-electron chi connectivity index (χ0n) is 15.1. The van der Waals surface area contributed by atoms with E-state index in [0.717, 1.165) is 34.5 Å². The van der Waals surface area contributed by atoms with Gasteiger partial charge in [0, 0.05) is 10.4 Å². The van der Waals surface area contributed by atoms with Crippen molar-refractivity contribution in [1.82, 2.24) is 19.6 Å². The van der Waals surface area contributed by atoms with E-state index in [-0.39, 0.29) is 5.56 Å². The van der Waals surface area contributed by atoms with Gasteiger partial charge in [-0.25, -0.2) is 14.8 Å². The number of carbonyl (C=O) groups is 1. The smallest absolute Gasteiger partial charge is 0.336 e. The van der Waals surface area contributed by atoms with Gasteiger partial charge in [-0.2, -0.15) is 4.52 Å². The average molecular weight is 378 g/mol. The first kappa shape index (κ1) is 16.4. The Balaban J connectivity index is 1.81. The molecule has 0 bridgehead atoms. The molecule has 0 aliphatic heterocycles. The number of aryl methyl sites for hydroxylation is 2. The molecule has 27 heavy (non-hydrogen) atoms. The number of aromatic nitrogens is 4. The second-order valence-corrected chi connectivity index (χ2v) is 8.30. The van der Waals surface area contributed by atoms with Crippen molar-refractivity contribution >= 4 is 33.2 Å². The van der Waals surface area contributed by atoms with Crippen molar-refractivity contribution in [3.63, 3.8) is 0 Å². The third-order valence-electron chi connectivity index (χ3n) is 5.29. The Morgan fingerprint density at radius 1 is 1.30 bits per heavy atom. The van der Waals surface area contributed by atoms with Crippen LogP contribution in [0.3, 0.4) is 0 Å². The van der Waals surface area contributed by atoms with Gasteiger partial charge in [-0.05, 0) is 43.7 Å². The molecule has 6 nitrogen and oxygen atoms in total. The summed E-state index contributed by atoms with van der Waals surface area (Å²) in [7, 11) is 0. The highest BCUT2D eigenvalue weighted by Gasteiger charge is 2.25. The number of hydrogen-bond acceptors (Lipinski definition) is 5. The van der Waals surface area contributed by atoms with Crippen LogP contribution in [0.1, 0.15) is 40.0 Å². The van der Waals surface area contributed by atoms with Gasteiger partial charge in [0.1, 0.15) is 10.7 Å². The number of aromatic carboxylic acids is 1. The summed E-state index contributed by atoms with van der Waals surface area (Å²) in [5, 5.41) is 15.2. The highest BCUT2D eigenvalue weighted by molar-refractivity contribution is 7.19. The maximum Gasteiger partial charge on any atom is 0.336 e. The predicted molar refractivity (Wildman–Crippen MR) is 104 cm³/mol. The summed E-state index contributed by atoms with van der Waals surface area (Å²) in [6.45, 7) is 4.19. The molecule has 0 fully saturated rings. The van der Waals surface area contributed by atoms with Crippen LogP contribution in [0.5, 0.6) is 0 Å². The van der Waals surface area contributed by atoms with Gasteiger partial charge in [-0.15, -0.1) is 16.4 Å². The molecule has 0 spiro atoms. The van der Waals surface area contributed by atoms with E-state index < -0.39 is 5.97 Å². The Morgan fingerprint density at radius 2 is 2.11 bits per heavy atom. The highest BCUT2D eigenvalue weighted by Crippen LogP contribution is 2.39. The quantitative estimate of drug-likeness (QED) is 0.567. The minimum atomic E-state index is -0.980. The molecule has 1 atom stereocenters. The van der Waals surface area contributed by atoms with Gasteiger partial charge >= 0.3 is 5.97 Å². The molecule has 5 rings (SSSR count). The number of hydrogen-bond donors (Lipinski definition) is 1. The molecule has 4 aromatic rings. The second-order valence-electron chi connectivity index (χ2n) is 7.21. The maximum absolute atomic E-state index is 11.6. The van der Waals surface area contributed by atoms with Crippen LogP contribution in [-0.2, 0) is 12.8 Å². The van der Waals surface area contributed by atoms with Gasteiger partial charge in [-0.1, -0.05) is 25.1 Å². The van der Waals surface area contributed by atoms with E-state index in [2.05, 4.69) is 12.0 Å². The van der Waals surface area contributed by atoms with Gasteiger partial charge in [-0.3, -0.25) is 0 Å². The number of rotatable bonds is 2. The summed E-state index contributed by atoms with van der Waals surface area (Å²) in [4.78, 5) is 23.5. The fourth-order valence-corrected chi connectivity index (χ4v) is 5.18. The monoisotopic (exact) mass is 378 g/mol. The Labute approximate surface area is 159 Å². The molecule has 0 saturated heterocycles. The van der Waals surface area contributed by atoms with Crippen molar-refractivity contribution < 1.29 is 9.90 Å². The van der Waals surface area contributed by atoms with Gasteiger partial charge in [0.25, 0.3) is 0 Å². The minimum Gasteiger partial charge on any atom is -0.478 e. The van der Waals surface area contributed by atoms with Crippen LogP contribution in [0.25, 0.3) is 27.3 Å². The fourth-order valence-electron chi connectivity index (χ4n) is 3.93. The first-order valence-electron chi connectivity index (χ1n) is 9.03. The number of thiophene rings is 1. The second kappa shape index (κ2) is 5.85. The standard InChI is InChI=1S/C20H18N4O2S/c1-10-7-8-15-14(9-10)16-18-22-17(12-5-3-4-6-13(12)20(25)26)23-24(18)11(2)21-19(16)27-15/h3-6,10H,7-9H2,1-2H3,(H,25,26). The van der Waals surface area contributed by atoms with Crippen LogP contribution >= 0.6 is 11.3 Å². The molecule has 1 aliphatic rings. The lowest BCUT2D eigenvalue weighted by Crippen LogP contribution is -2.09.